The standard InChI is InChI=1S/C27H28N2O5S/c1-5-6-12-34-20-10-9-18(15-21(20)33-4)23-22(24(30)19-14-16(2)7-8-17(19)3)25(31)26(32)29(23)27-28-11-13-35-27/h7-11,13-15,23,30H,5-6,12H2,1-4H3. The number of aromatic nitrogens is 1. The van der Waals surface area contributed by atoms with Crippen LogP contribution in [-0.4, -0.2) is 35.5 Å². The van der Waals surface area contributed by atoms with Crippen LogP contribution in [0.1, 0.15) is 48.1 Å². The third-order valence-electron chi connectivity index (χ3n) is 5.98. The molecule has 1 fully saturated rings. The van der Waals surface area contributed by atoms with Crippen molar-refractivity contribution in [3.05, 3.63) is 75.8 Å². The van der Waals surface area contributed by atoms with Gasteiger partial charge in [-0.2, -0.15) is 0 Å². The van der Waals surface area contributed by atoms with E-state index in [9.17, 15) is 14.7 Å². The lowest BCUT2D eigenvalue weighted by atomic mass is 9.93. The fourth-order valence-corrected chi connectivity index (χ4v) is 4.78. The zero-order valence-electron chi connectivity index (χ0n) is 20.2. The van der Waals surface area contributed by atoms with E-state index < -0.39 is 17.7 Å². The molecule has 1 atom stereocenters. The zero-order valence-corrected chi connectivity index (χ0v) is 21.0. The minimum Gasteiger partial charge on any atom is -0.507 e. The van der Waals surface area contributed by atoms with E-state index >= 15 is 0 Å². The topological polar surface area (TPSA) is 89.0 Å². The maximum atomic E-state index is 13.3. The lowest BCUT2D eigenvalue weighted by Gasteiger charge is -2.24. The van der Waals surface area contributed by atoms with E-state index in [0.29, 0.717) is 34.4 Å². The molecule has 1 unspecified atom stereocenters. The van der Waals surface area contributed by atoms with Crippen LogP contribution in [-0.2, 0) is 9.59 Å². The first-order chi connectivity index (χ1) is 16.9. The number of nitrogens with zero attached hydrogens (tertiary/aromatic N) is 2. The molecule has 1 saturated heterocycles. The Morgan fingerprint density at radius 2 is 1.94 bits per heavy atom. The van der Waals surface area contributed by atoms with Crippen LogP contribution in [0.25, 0.3) is 5.76 Å². The molecular formula is C27H28N2O5S. The number of hydrogen-bond acceptors (Lipinski definition) is 7. The van der Waals surface area contributed by atoms with Gasteiger partial charge in [0.25, 0.3) is 5.78 Å². The third-order valence-corrected chi connectivity index (χ3v) is 6.75. The summed E-state index contributed by atoms with van der Waals surface area (Å²) in [6.07, 6.45) is 3.48. The Bertz CT molecular complexity index is 1280. The van der Waals surface area contributed by atoms with Crippen molar-refractivity contribution < 1.29 is 24.2 Å². The molecule has 2 aromatic carbocycles. The maximum absolute atomic E-state index is 13.3. The molecule has 0 spiro atoms. The van der Waals surface area contributed by atoms with Crippen molar-refractivity contribution in [3.63, 3.8) is 0 Å². The van der Waals surface area contributed by atoms with E-state index in [0.717, 1.165) is 24.0 Å². The number of aliphatic hydroxyl groups is 1. The highest BCUT2D eigenvalue weighted by molar-refractivity contribution is 7.14. The maximum Gasteiger partial charge on any atom is 0.301 e. The van der Waals surface area contributed by atoms with Crippen LogP contribution in [0.2, 0.25) is 0 Å². The largest absolute Gasteiger partial charge is 0.507 e. The summed E-state index contributed by atoms with van der Waals surface area (Å²) in [5, 5.41) is 13.5. The van der Waals surface area contributed by atoms with E-state index in [1.165, 1.54) is 16.2 Å². The lowest BCUT2D eigenvalue weighted by molar-refractivity contribution is -0.132. The molecule has 0 aliphatic carbocycles. The van der Waals surface area contributed by atoms with Crippen molar-refractivity contribution in [1.82, 2.24) is 4.98 Å². The Kier molecular flexibility index (Phi) is 7.21. The smallest absolute Gasteiger partial charge is 0.301 e. The Morgan fingerprint density at radius 1 is 1.14 bits per heavy atom. The molecule has 0 bridgehead atoms. The first-order valence-electron chi connectivity index (χ1n) is 11.5. The molecule has 1 aliphatic rings. The number of ether oxygens (including phenoxy) is 2. The van der Waals surface area contributed by atoms with Crippen molar-refractivity contribution in [3.8, 4) is 11.5 Å². The fourth-order valence-electron chi connectivity index (χ4n) is 4.12. The van der Waals surface area contributed by atoms with Crippen LogP contribution in [0.3, 0.4) is 0 Å². The van der Waals surface area contributed by atoms with Gasteiger partial charge in [0, 0.05) is 17.1 Å². The summed E-state index contributed by atoms with van der Waals surface area (Å²) in [6, 6.07) is 10.0. The second-order valence-electron chi connectivity index (χ2n) is 8.41. The minimum absolute atomic E-state index is 0.0144. The van der Waals surface area contributed by atoms with Gasteiger partial charge in [-0.05, 0) is 49.6 Å². The molecule has 35 heavy (non-hydrogen) atoms. The molecule has 8 heteroatoms. The van der Waals surface area contributed by atoms with Gasteiger partial charge in [0.1, 0.15) is 5.76 Å². The number of hydrogen-bond donors (Lipinski definition) is 1. The van der Waals surface area contributed by atoms with Crippen LogP contribution in [0, 0.1) is 13.8 Å². The van der Waals surface area contributed by atoms with Crippen LogP contribution in [0.5, 0.6) is 11.5 Å². The highest BCUT2D eigenvalue weighted by Crippen LogP contribution is 2.44. The minimum atomic E-state index is -0.875. The molecule has 0 radical (unpaired) electrons. The lowest BCUT2D eigenvalue weighted by Crippen LogP contribution is -2.29. The van der Waals surface area contributed by atoms with E-state index in [1.807, 2.05) is 32.0 Å². The monoisotopic (exact) mass is 492 g/mol. The molecule has 4 rings (SSSR count). The number of carbonyl (C=O) groups is 2. The van der Waals surface area contributed by atoms with Gasteiger partial charge in [0.05, 0.1) is 25.3 Å². The van der Waals surface area contributed by atoms with Gasteiger partial charge in [0.2, 0.25) is 0 Å². The Morgan fingerprint density at radius 3 is 2.63 bits per heavy atom. The Hall–Kier alpha value is -3.65. The summed E-state index contributed by atoms with van der Waals surface area (Å²) < 4.78 is 11.4. The first-order valence-corrected chi connectivity index (χ1v) is 12.3. The van der Waals surface area contributed by atoms with Gasteiger partial charge in [-0.3, -0.25) is 14.5 Å². The Balaban J connectivity index is 1.89. The summed E-state index contributed by atoms with van der Waals surface area (Å²) in [5.41, 5.74) is 2.85. The van der Waals surface area contributed by atoms with Gasteiger partial charge in [-0.1, -0.05) is 37.1 Å². The number of amides is 1. The van der Waals surface area contributed by atoms with Crippen LogP contribution in [0.4, 0.5) is 5.13 Å². The molecule has 1 aromatic heterocycles. The summed E-state index contributed by atoms with van der Waals surface area (Å²) in [6.45, 7) is 6.40. The molecule has 1 amide bonds. The number of anilines is 1. The number of aliphatic hydroxyl groups excluding tert-OH is 1. The molecule has 2 heterocycles. The summed E-state index contributed by atoms with van der Waals surface area (Å²) in [7, 11) is 1.54. The highest BCUT2D eigenvalue weighted by Gasteiger charge is 2.48. The van der Waals surface area contributed by atoms with Gasteiger partial charge >= 0.3 is 5.91 Å². The predicted octanol–water partition coefficient (Wildman–Crippen LogP) is 5.57. The number of benzene rings is 2. The van der Waals surface area contributed by atoms with Crippen molar-refractivity contribution in [2.75, 3.05) is 18.6 Å². The number of carbonyl (C=O) groups excluding carboxylic acids is 2. The van der Waals surface area contributed by atoms with Crippen LogP contribution >= 0.6 is 11.3 Å². The summed E-state index contributed by atoms with van der Waals surface area (Å²) in [4.78, 5) is 32.2. The van der Waals surface area contributed by atoms with Crippen LogP contribution < -0.4 is 14.4 Å². The van der Waals surface area contributed by atoms with Gasteiger partial charge in [-0.25, -0.2) is 4.98 Å². The molecular weight excluding hydrogens is 464 g/mol. The van der Waals surface area contributed by atoms with E-state index in [1.54, 1.807) is 36.9 Å². The Labute approximate surface area is 208 Å². The zero-order chi connectivity index (χ0) is 25.1. The van der Waals surface area contributed by atoms with E-state index in [4.69, 9.17) is 9.47 Å². The number of rotatable bonds is 8. The van der Waals surface area contributed by atoms with Crippen LogP contribution in [0.15, 0.2) is 53.5 Å². The third kappa shape index (κ3) is 4.66. The number of aryl methyl sites for hydroxylation is 2. The summed E-state index contributed by atoms with van der Waals surface area (Å²) >= 11 is 1.25. The van der Waals surface area contributed by atoms with Gasteiger partial charge < -0.3 is 14.6 Å². The van der Waals surface area contributed by atoms with Crippen molar-refractivity contribution in [1.29, 1.82) is 0 Å². The average Bonchev–Trinajstić information content (AvgIpc) is 3.47. The number of thiazole rings is 1. The molecule has 7 nitrogen and oxygen atoms in total. The number of unbranched alkanes of at least 4 members (excludes halogenated alkanes) is 1. The number of ketones is 1. The second-order valence-corrected chi connectivity index (χ2v) is 9.29. The predicted molar refractivity (Wildman–Crippen MR) is 136 cm³/mol. The van der Waals surface area contributed by atoms with E-state index in [-0.39, 0.29) is 11.3 Å². The van der Waals surface area contributed by atoms with Gasteiger partial charge in [-0.15, -0.1) is 11.3 Å². The quantitative estimate of drug-likeness (QED) is 0.191. The van der Waals surface area contributed by atoms with Crippen molar-refractivity contribution >= 4 is 33.9 Å². The van der Waals surface area contributed by atoms with E-state index in [2.05, 4.69) is 11.9 Å². The molecule has 182 valence electrons. The molecule has 0 saturated carbocycles. The molecule has 1 N–H and O–H groups in total. The SMILES string of the molecule is CCCCOc1ccc(C2C(=C(O)c3cc(C)ccc3C)C(=O)C(=O)N2c2nccs2)cc1OC. The van der Waals surface area contributed by atoms with Crippen molar-refractivity contribution in [2.45, 2.75) is 39.7 Å². The second kappa shape index (κ2) is 10.3. The molecule has 3 aromatic rings. The van der Waals surface area contributed by atoms with Crippen molar-refractivity contribution in [2.24, 2.45) is 0 Å². The normalized spacial score (nSPS) is 17.1. The van der Waals surface area contributed by atoms with Gasteiger partial charge in [0.15, 0.2) is 16.6 Å². The summed E-state index contributed by atoms with van der Waals surface area (Å²) in [5.74, 6) is -0.652. The fraction of sp³-hybridized carbons (Fsp3) is 0.296. The number of Topliss-reactive ketones (excluding diaryl/α,β-unsaturated/α-hetero) is 1. The molecule has 1 aliphatic heterocycles. The average molecular weight is 493 g/mol. The number of methoxy groups -OCH3 is 1. The first kappa shape index (κ1) is 24.5. The highest BCUT2D eigenvalue weighted by atomic mass is 32.1.